The van der Waals surface area contributed by atoms with Gasteiger partial charge in [0.1, 0.15) is 5.37 Å². The van der Waals surface area contributed by atoms with Crippen molar-refractivity contribution in [3.63, 3.8) is 0 Å². The van der Waals surface area contributed by atoms with Crippen LogP contribution in [0.5, 0.6) is 0 Å². The predicted octanol–water partition coefficient (Wildman–Crippen LogP) is 0.289. The molecule has 3 atom stereocenters. The fourth-order valence-electron chi connectivity index (χ4n) is 1.88. The van der Waals surface area contributed by atoms with Gasteiger partial charge in [-0.3, -0.25) is 9.59 Å². The van der Waals surface area contributed by atoms with Gasteiger partial charge in [0.05, 0.1) is 5.92 Å². The number of sulfone groups is 1. The van der Waals surface area contributed by atoms with Crippen molar-refractivity contribution in [2.75, 3.05) is 24.3 Å². The lowest BCUT2D eigenvalue weighted by atomic mass is 9.94. The molecule has 0 saturated carbocycles. The van der Waals surface area contributed by atoms with Crippen molar-refractivity contribution < 1.29 is 23.1 Å². The summed E-state index contributed by atoms with van der Waals surface area (Å²) in [6.07, 6.45) is 1.11. The van der Waals surface area contributed by atoms with Crippen LogP contribution in [0.2, 0.25) is 0 Å². The van der Waals surface area contributed by atoms with Gasteiger partial charge in [-0.2, -0.15) is 11.8 Å². The van der Waals surface area contributed by atoms with E-state index in [0.717, 1.165) is 6.26 Å². The third-order valence-corrected chi connectivity index (χ3v) is 6.03. The van der Waals surface area contributed by atoms with Crippen LogP contribution in [0, 0.1) is 11.8 Å². The first-order valence-corrected chi connectivity index (χ1v) is 9.07. The maximum Gasteiger partial charge on any atom is 0.307 e. The third-order valence-electron chi connectivity index (χ3n) is 3.39. The minimum absolute atomic E-state index is 0.345. The fraction of sp³-hybridized carbons (Fsp3) is 0.818. The predicted molar refractivity (Wildman–Crippen MR) is 73.6 cm³/mol. The van der Waals surface area contributed by atoms with Gasteiger partial charge in [-0.25, -0.2) is 8.42 Å². The van der Waals surface area contributed by atoms with Crippen LogP contribution in [0.1, 0.15) is 13.8 Å². The van der Waals surface area contributed by atoms with Gasteiger partial charge >= 0.3 is 5.97 Å². The summed E-state index contributed by atoms with van der Waals surface area (Å²) < 4.78 is 23.4. The molecule has 1 fully saturated rings. The Bertz CT molecular complexity index is 462. The molecule has 0 radical (unpaired) electrons. The Morgan fingerprint density at radius 1 is 1.32 bits per heavy atom. The number of hydrogen-bond donors (Lipinski definition) is 1. The standard InChI is InChI=1S/C11H19NO5S2/c1-7(8(2)11(14)15)10(13)12-4-5-18-6-9(12)19(3,16)17/h7-9H,4-6H2,1-3H3,(H,14,15). The van der Waals surface area contributed by atoms with Gasteiger partial charge in [0.2, 0.25) is 5.91 Å². The summed E-state index contributed by atoms with van der Waals surface area (Å²) in [7, 11) is -3.36. The van der Waals surface area contributed by atoms with Gasteiger partial charge in [-0.05, 0) is 0 Å². The van der Waals surface area contributed by atoms with E-state index in [1.165, 1.54) is 30.5 Å². The number of thioether (sulfide) groups is 1. The molecule has 0 bridgehead atoms. The Hall–Kier alpha value is -0.760. The Morgan fingerprint density at radius 2 is 1.89 bits per heavy atom. The molecule has 1 N–H and O–H groups in total. The van der Waals surface area contributed by atoms with E-state index >= 15 is 0 Å². The second kappa shape index (κ2) is 6.13. The molecule has 1 aliphatic rings. The quantitative estimate of drug-likeness (QED) is 0.802. The molecule has 8 heteroatoms. The van der Waals surface area contributed by atoms with E-state index in [1.54, 1.807) is 0 Å². The highest BCUT2D eigenvalue weighted by Crippen LogP contribution is 2.24. The van der Waals surface area contributed by atoms with E-state index in [-0.39, 0.29) is 0 Å². The van der Waals surface area contributed by atoms with Crippen LogP contribution >= 0.6 is 11.8 Å². The van der Waals surface area contributed by atoms with Crippen LogP contribution in [-0.2, 0) is 19.4 Å². The smallest absolute Gasteiger partial charge is 0.307 e. The highest BCUT2D eigenvalue weighted by Gasteiger charge is 2.38. The van der Waals surface area contributed by atoms with Crippen molar-refractivity contribution >= 4 is 33.5 Å². The number of carboxylic acids is 1. The van der Waals surface area contributed by atoms with E-state index in [9.17, 15) is 18.0 Å². The second-order valence-corrected chi connectivity index (χ2v) is 8.16. The van der Waals surface area contributed by atoms with E-state index in [4.69, 9.17) is 5.11 Å². The van der Waals surface area contributed by atoms with Crippen LogP contribution in [0.25, 0.3) is 0 Å². The fourth-order valence-corrected chi connectivity index (χ4v) is 4.70. The van der Waals surface area contributed by atoms with Crippen molar-refractivity contribution in [2.24, 2.45) is 11.8 Å². The Labute approximate surface area is 117 Å². The number of carbonyl (C=O) groups is 2. The summed E-state index contributed by atoms with van der Waals surface area (Å²) in [5, 5.41) is 8.09. The van der Waals surface area contributed by atoms with Crippen LogP contribution in [0.3, 0.4) is 0 Å². The highest BCUT2D eigenvalue weighted by atomic mass is 32.2. The zero-order valence-electron chi connectivity index (χ0n) is 11.2. The molecule has 0 aromatic rings. The number of hydrogen-bond acceptors (Lipinski definition) is 5. The maximum atomic E-state index is 12.3. The summed E-state index contributed by atoms with van der Waals surface area (Å²) in [6.45, 7) is 3.33. The lowest BCUT2D eigenvalue weighted by Crippen LogP contribution is -2.52. The van der Waals surface area contributed by atoms with Crippen molar-refractivity contribution in [2.45, 2.75) is 19.2 Å². The summed E-state index contributed by atoms with van der Waals surface area (Å²) in [6, 6.07) is 0. The van der Waals surface area contributed by atoms with E-state index in [2.05, 4.69) is 0 Å². The average molecular weight is 309 g/mol. The number of aliphatic carboxylic acids is 1. The van der Waals surface area contributed by atoms with Gasteiger partial charge in [-0.15, -0.1) is 0 Å². The molecule has 110 valence electrons. The molecular formula is C11H19NO5S2. The summed E-state index contributed by atoms with van der Waals surface area (Å²) in [5.74, 6) is -1.99. The largest absolute Gasteiger partial charge is 0.481 e. The molecule has 19 heavy (non-hydrogen) atoms. The van der Waals surface area contributed by atoms with Crippen molar-refractivity contribution in [3.8, 4) is 0 Å². The topological polar surface area (TPSA) is 91.8 Å². The molecule has 1 heterocycles. The Morgan fingerprint density at radius 3 is 2.37 bits per heavy atom. The van der Waals surface area contributed by atoms with Gasteiger partial charge < -0.3 is 10.0 Å². The van der Waals surface area contributed by atoms with E-state index in [1.807, 2.05) is 0 Å². The molecule has 0 spiro atoms. The first-order chi connectivity index (χ1) is 8.66. The normalized spacial score (nSPS) is 23.7. The molecule has 1 rings (SSSR count). The second-order valence-electron chi connectivity index (χ2n) is 4.81. The molecular weight excluding hydrogens is 290 g/mol. The molecule has 0 aliphatic carbocycles. The molecule has 0 aromatic heterocycles. The van der Waals surface area contributed by atoms with Gasteiger partial charge in [0.15, 0.2) is 9.84 Å². The number of carbonyl (C=O) groups excluding carboxylic acids is 1. The van der Waals surface area contributed by atoms with E-state index in [0.29, 0.717) is 18.1 Å². The van der Waals surface area contributed by atoms with Crippen LogP contribution in [-0.4, -0.2) is 60.0 Å². The molecule has 0 aromatic carbocycles. The minimum atomic E-state index is -3.36. The number of carboxylic acid groups (broad SMARTS) is 1. The summed E-state index contributed by atoms with van der Waals surface area (Å²) >= 11 is 1.49. The van der Waals surface area contributed by atoms with Crippen molar-refractivity contribution in [1.29, 1.82) is 0 Å². The zero-order valence-corrected chi connectivity index (χ0v) is 12.8. The lowest BCUT2D eigenvalue weighted by Gasteiger charge is -2.36. The maximum absolute atomic E-state index is 12.3. The zero-order chi connectivity index (χ0) is 14.8. The molecule has 1 amide bonds. The highest BCUT2D eigenvalue weighted by molar-refractivity contribution is 8.00. The van der Waals surface area contributed by atoms with Crippen LogP contribution in [0.15, 0.2) is 0 Å². The van der Waals surface area contributed by atoms with Crippen LogP contribution < -0.4 is 0 Å². The molecule has 1 aliphatic heterocycles. The van der Waals surface area contributed by atoms with E-state index < -0.39 is 38.9 Å². The average Bonchev–Trinajstić information content (AvgIpc) is 2.35. The first kappa shape index (κ1) is 16.3. The Kier molecular flexibility index (Phi) is 5.26. The number of nitrogens with zero attached hydrogens (tertiary/aromatic N) is 1. The van der Waals surface area contributed by atoms with Crippen molar-refractivity contribution in [3.05, 3.63) is 0 Å². The molecule has 6 nitrogen and oxygen atoms in total. The summed E-state index contributed by atoms with van der Waals surface area (Å²) in [4.78, 5) is 24.5. The monoisotopic (exact) mass is 309 g/mol. The van der Waals surface area contributed by atoms with Crippen LogP contribution in [0.4, 0.5) is 0 Å². The first-order valence-electron chi connectivity index (χ1n) is 5.96. The Balaban J connectivity index is 2.92. The lowest BCUT2D eigenvalue weighted by molar-refractivity contribution is -0.149. The van der Waals surface area contributed by atoms with Gasteiger partial charge in [-0.1, -0.05) is 13.8 Å². The third kappa shape index (κ3) is 3.85. The van der Waals surface area contributed by atoms with Crippen molar-refractivity contribution in [1.82, 2.24) is 4.90 Å². The SMILES string of the molecule is CC(C(=O)O)C(C)C(=O)N1CCSCC1S(C)(=O)=O. The summed E-state index contributed by atoms with van der Waals surface area (Å²) in [5.41, 5.74) is 0. The number of rotatable bonds is 4. The molecule has 1 saturated heterocycles. The minimum Gasteiger partial charge on any atom is -0.481 e. The number of amides is 1. The molecule has 3 unspecified atom stereocenters. The van der Waals surface area contributed by atoms with Gasteiger partial charge in [0.25, 0.3) is 0 Å². The van der Waals surface area contributed by atoms with Gasteiger partial charge in [0, 0.05) is 30.2 Å².